The summed E-state index contributed by atoms with van der Waals surface area (Å²) < 4.78 is 12.1. The van der Waals surface area contributed by atoms with E-state index in [1.807, 2.05) is 57.2 Å². The number of fused-ring (bicyclic) bond motifs is 2. The Morgan fingerprint density at radius 2 is 1.26 bits per heavy atom. The van der Waals surface area contributed by atoms with Gasteiger partial charge in [-0.1, -0.05) is 0 Å². The highest BCUT2D eigenvalue weighted by atomic mass is 16.6. The van der Waals surface area contributed by atoms with Crippen molar-refractivity contribution in [2.24, 2.45) is 0 Å². The Hall–Kier alpha value is -2.89. The van der Waals surface area contributed by atoms with E-state index in [1.54, 1.807) is 4.90 Å². The third kappa shape index (κ3) is 4.73. The maximum absolute atomic E-state index is 13.2. The summed E-state index contributed by atoms with van der Waals surface area (Å²) in [6.07, 6.45) is -0.413. The molecule has 1 heterocycles. The van der Waals surface area contributed by atoms with Gasteiger partial charge >= 0.3 is 6.09 Å². The highest BCUT2D eigenvalue weighted by Crippen LogP contribution is 2.49. The summed E-state index contributed by atoms with van der Waals surface area (Å²) in [5.41, 5.74) is 2.91. The molecule has 0 unspecified atom stereocenters. The minimum atomic E-state index is -0.599. The summed E-state index contributed by atoms with van der Waals surface area (Å²) >= 11 is 0. The van der Waals surface area contributed by atoms with Crippen molar-refractivity contribution in [3.63, 3.8) is 0 Å². The van der Waals surface area contributed by atoms with E-state index < -0.39 is 11.7 Å². The first-order chi connectivity index (χ1) is 14.7. The van der Waals surface area contributed by atoms with Gasteiger partial charge < -0.3 is 19.3 Å². The second kappa shape index (κ2) is 9.08. The zero-order chi connectivity index (χ0) is 22.8. The van der Waals surface area contributed by atoms with E-state index in [0.717, 1.165) is 37.6 Å². The number of carbonyl (C=O) groups excluding carboxylic acids is 1. The minimum absolute atomic E-state index is 0.413. The van der Waals surface area contributed by atoms with Crippen molar-refractivity contribution in [1.82, 2.24) is 0 Å². The molecule has 3 rings (SSSR count). The van der Waals surface area contributed by atoms with Crippen LogP contribution in [0.15, 0.2) is 36.4 Å². The van der Waals surface area contributed by atoms with Gasteiger partial charge in [0.05, 0.1) is 11.4 Å². The molecule has 0 N–H and O–H groups in total. The molecule has 2 aromatic rings. The number of carbonyl (C=O) groups is 1. The van der Waals surface area contributed by atoms with Crippen molar-refractivity contribution in [1.29, 1.82) is 0 Å². The van der Waals surface area contributed by atoms with Crippen LogP contribution in [0.1, 0.15) is 48.5 Å². The Morgan fingerprint density at radius 1 is 0.839 bits per heavy atom. The number of anilines is 4. The lowest BCUT2D eigenvalue weighted by molar-refractivity contribution is 0.0596. The molecule has 1 amide bonds. The number of amides is 1. The van der Waals surface area contributed by atoms with Gasteiger partial charge in [-0.2, -0.15) is 0 Å². The standard InChI is InChI=1S/C25H35N3O3/c1-8-26(9-2)18-12-14-20-22(16-18)30-23-17-19(27(10-3)11-4)13-15-21(23)28(20)24(29)31-25(5,6)7/h12-17H,8-11H2,1-7H3. The molecule has 1 aliphatic heterocycles. The van der Waals surface area contributed by atoms with E-state index in [4.69, 9.17) is 9.47 Å². The Morgan fingerprint density at radius 3 is 1.61 bits per heavy atom. The molecule has 1 aliphatic rings. The molecule has 168 valence electrons. The molecule has 0 spiro atoms. The Kier molecular flexibility index (Phi) is 6.68. The molecule has 2 aromatic carbocycles. The van der Waals surface area contributed by atoms with Crippen molar-refractivity contribution in [3.8, 4) is 11.5 Å². The third-order valence-corrected chi connectivity index (χ3v) is 5.42. The Labute approximate surface area is 186 Å². The highest BCUT2D eigenvalue weighted by Gasteiger charge is 2.33. The van der Waals surface area contributed by atoms with Crippen LogP contribution >= 0.6 is 0 Å². The highest BCUT2D eigenvalue weighted by molar-refractivity contribution is 6.01. The van der Waals surface area contributed by atoms with Crippen LogP contribution in [0, 0.1) is 0 Å². The molecule has 31 heavy (non-hydrogen) atoms. The van der Waals surface area contributed by atoms with Crippen LogP contribution in [0.25, 0.3) is 0 Å². The zero-order valence-electron chi connectivity index (χ0n) is 19.9. The van der Waals surface area contributed by atoms with Crippen LogP contribution in [0.2, 0.25) is 0 Å². The maximum atomic E-state index is 13.2. The molecule has 6 heteroatoms. The van der Waals surface area contributed by atoms with Gasteiger partial charge in [0, 0.05) is 49.7 Å². The topological polar surface area (TPSA) is 45.2 Å². The lowest BCUT2D eigenvalue weighted by Gasteiger charge is -2.34. The van der Waals surface area contributed by atoms with Crippen molar-refractivity contribution >= 4 is 28.8 Å². The first-order valence-corrected chi connectivity index (χ1v) is 11.2. The van der Waals surface area contributed by atoms with Gasteiger partial charge in [-0.3, -0.25) is 0 Å². The molecular weight excluding hydrogens is 390 g/mol. The monoisotopic (exact) mass is 425 g/mol. The molecule has 0 saturated heterocycles. The molecule has 0 saturated carbocycles. The van der Waals surface area contributed by atoms with Gasteiger partial charge in [-0.15, -0.1) is 0 Å². The fourth-order valence-corrected chi connectivity index (χ4v) is 3.86. The quantitative estimate of drug-likeness (QED) is 0.524. The van der Waals surface area contributed by atoms with Crippen molar-refractivity contribution in [2.75, 3.05) is 40.9 Å². The predicted octanol–water partition coefficient (Wildman–Crippen LogP) is 6.56. The fourth-order valence-electron chi connectivity index (χ4n) is 3.86. The second-order valence-electron chi connectivity index (χ2n) is 8.57. The Balaban J connectivity index is 2.11. The number of hydrogen-bond acceptors (Lipinski definition) is 5. The molecule has 0 bridgehead atoms. The number of nitrogens with zero attached hydrogens (tertiary/aromatic N) is 3. The largest absolute Gasteiger partial charge is 0.453 e. The van der Waals surface area contributed by atoms with Gasteiger partial charge in [-0.25, -0.2) is 9.69 Å². The molecule has 0 atom stereocenters. The maximum Gasteiger partial charge on any atom is 0.419 e. The summed E-state index contributed by atoms with van der Waals surface area (Å²) in [6.45, 7) is 17.7. The molecular formula is C25H35N3O3. The van der Waals surface area contributed by atoms with Crippen LogP contribution in [0.5, 0.6) is 11.5 Å². The van der Waals surface area contributed by atoms with E-state index in [2.05, 4.69) is 37.5 Å². The van der Waals surface area contributed by atoms with E-state index in [9.17, 15) is 4.79 Å². The molecule has 0 aromatic heterocycles. The van der Waals surface area contributed by atoms with E-state index >= 15 is 0 Å². The summed E-state index contributed by atoms with van der Waals surface area (Å²) in [4.78, 5) is 19.4. The summed E-state index contributed by atoms with van der Waals surface area (Å²) in [7, 11) is 0. The van der Waals surface area contributed by atoms with E-state index in [1.165, 1.54) is 0 Å². The lowest BCUT2D eigenvalue weighted by Crippen LogP contribution is -2.35. The molecule has 0 radical (unpaired) electrons. The van der Waals surface area contributed by atoms with Crippen molar-refractivity contribution in [2.45, 2.75) is 54.1 Å². The van der Waals surface area contributed by atoms with E-state index in [-0.39, 0.29) is 0 Å². The third-order valence-electron chi connectivity index (χ3n) is 5.42. The van der Waals surface area contributed by atoms with Crippen LogP contribution in [0.3, 0.4) is 0 Å². The van der Waals surface area contributed by atoms with E-state index in [0.29, 0.717) is 22.9 Å². The SMILES string of the molecule is CCN(CC)c1ccc2c(c1)Oc1cc(N(CC)CC)ccc1N2C(=O)OC(C)(C)C. The van der Waals surface area contributed by atoms with Gasteiger partial charge in [0.1, 0.15) is 5.60 Å². The molecule has 0 aliphatic carbocycles. The van der Waals surface area contributed by atoms with Crippen LogP contribution in [-0.4, -0.2) is 37.9 Å². The zero-order valence-corrected chi connectivity index (χ0v) is 19.9. The van der Waals surface area contributed by atoms with Gasteiger partial charge in [0.15, 0.2) is 11.5 Å². The normalized spacial score (nSPS) is 12.5. The van der Waals surface area contributed by atoms with Gasteiger partial charge in [0.2, 0.25) is 0 Å². The van der Waals surface area contributed by atoms with Crippen LogP contribution < -0.4 is 19.4 Å². The minimum Gasteiger partial charge on any atom is -0.453 e. The first kappa shape index (κ1) is 22.8. The van der Waals surface area contributed by atoms with Crippen LogP contribution in [-0.2, 0) is 4.74 Å². The molecule has 0 fully saturated rings. The predicted molar refractivity (Wildman–Crippen MR) is 128 cm³/mol. The number of benzene rings is 2. The van der Waals surface area contributed by atoms with Gasteiger partial charge in [-0.05, 0) is 72.7 Å². The number of ether oxygens (including phenoxy) is 2. The molecule has 6 nitrogen and oxygen atoms in total. The Bertz CT molecular complexity index is 867. The smallest absolute Gasteiger partial charge is 0.419 e. The lowest BCUT2D eigenvalue weighted by atomic mass is 10.1. The second-order valence-corrected chi connectivity index (χ2v) is 8.57. The van der Waals surface area contributed by atoms with Crippen molar-refractivity contribution < 1.29 is 14.3 Å². The summed E-state index contributed by atoms with van der Waals surface area (Å²) in [6, 6.07) is 11.9. The van der Waals surface area contributed by atoms with Crippen LogP contribution in [0.4, 0.5) is 27.5 Å². The first-order valence-electron chi connectivity index (χ1n) is 11.2. The fraction of sp³-hybridized carbons (Fsp3) is 0.480. The number of hydrogen-bond donors (Lipinski definition) is 0. The summed E-state index contributed by atoms with van der Waals surface area (Å²) in [5, 5.41) is 0. The van der Waals surface area contributed by atoms with Crippen molar-refractivity contribution in [3.05, 3.63) is 36.4 Å². The average molecular weight is 426 g/mol. The summed E-state index contributed by atoms with van der Waals surface area (Å²) in [5.74, 6) is 1.30. The number of rotatable bonds is 6. The van der Waals surface area contributed by atoms with Gasteiger partial charge in [0.25, 0.3) is 0 Å². The average Bonchev–Trinajstić information content (AvgIpc) is 2.72.